The minimum absolute atomic E-state index is 0.0943. The molecule has 5 heteroatoms. The molecule has 1 aliphatic carbocycles. The van der Waals surface area contributed by atoms with Crippen LogP contribution in [0.4, 0.5) is 4.79 Å². The van der Waals surface area contributed by atoms with Gasteiger partial charge in [-0.15, -0.1) is 0 Å². The summed E-state index contributed by atoms with van der Waals surface area (Å²) in [4.78, 5) is 17.4. The topological polar surface area (TPSA) is 53.0 Å². The molecular weight excluding hydrogens is 388 g/mol. The maximum Gasteiger partial charge on any atom is 0.410 e. The van der Waals surface area contributed by atoms with Gasteiger partial charge in [0, 0.05) is 31.6 Å². The van der Waals surface area contributed by atoms with E-state index in [-0.39, 0.29) is 24.2 Å². The molecule has 5 rings (SSSR count). The SMILES string of the molecule is O=C(OCC1c2ccccc2-c2ccccc21)N1CCCCC1CN1CCC[C@@H](O)C1. The van der Waals surface area contributed by atoms with Gasteiger partial charge >= 0.3 is 6.09 Å². The van der Waals surface area contributed by atoms with Crippen molar-refractivity contribution in [2.75, 3.05) is 32.8 Å². The van der Waals surface area contributed by atoms with Crippen LogP contribution in [0.2, 0.25) is 0 Å². The highest BCUT2D eigenvalue weighted by atomic mass is 16.6. The van der Waals surface area contributed by atoms with Crippen LogP contribution in [0.5, 0.6) is 0 Å². The van der Waals surface area contributed by atoms with Crippen molar-refractivity contribution in [3.63, 3.8) is 0 Å². The molecule has 1 N–H and O–H groups in total. The first-order valence-electron chi connectivity index (χ1n) is 11.7. The summed E-state index contributed by atoms with van der Waals surface area (Å²) in [6.07, 6.45) is 4.68. The number of benzene rings is 2. The van der Waals surface area contributed by atoms with E-state index < -0.39 is 0 Å². The van der Waals surface area contributed by atoms with E-state index in [1.54, 1.807) is 0 Å². The fourth-order valence-electron chi connectivity index (χ4n) is 5.60. The molecule has 5 nitrogen and oxygen atoms in total. The Morgan fingerprint density at radius 3 is 2.35 bits per heavy atom. The predicted octanol–water partition coefficient (Wildman–Crippen LogP) is 4.25. The molecule has 1 unspecified atom stereocenters. The van der Waals surface area contributed by atoms with Crippen LogP contribution >= 0.6 is 0 Å². The first-order chi connectivity index (χ1) is 15.2. The summed E-state index contributed by atoms with van der Waals surface area (Å²) in [5.41, 5.74) is 4.99. The Morgan fingerprint density at radius 1 is 0.935 bits per heavy atom. The second-order valence-corrected chi connectivity index (χ2v) is 9.20. The average Bonchev–Trinajstić information content (AvgIpc) is 3.12. The Morgan fingerprint density at radius 2 is 1.65 bits per heavy atom. The molecule has 2 fully saturated rings. The van der Waals surface area contributed by atoms with Crippen LogP contribution in [0.15, 0.2) is 48.5 Å². The van der Waals surface area contributed by atoms with Gasteiger partial charge in [0.1, 0.15) is 6.61 Å². The Bertz CT molecular complexity index is 885. The Kier molecular flexibility index (Phi) is 5.97. The maximum absolute atomic E-state index is 13.1. The lowest BCUT2D eigenvalue weighted by Gasteiger charge is -2.40. The predicted molar refractivity (Wildman–Crippen MR) is 121 cm³/mol. The van der Waals surface area contributed by atoms with Crippen molar-refractivity contribution in [1.82, 2.24) is 9.80 Å². The molecule has 31 heavy (non-hydrogen) atoms. The molecule has 2 aromatic carbocycles. The number of aliphatic hydroxyl groups is 1. The number of rotatable bonds is 4. The van der Waals surface area contributed by atoms with Crippen LogP contribution in [-0.4, -0.2) is 65.9 Å². The highest BCUT2D eigenvalue weighted by Crippen LogP contribution is 2.44. The number of piperidine rings is 2. The van der Waals surface area contributed by atoms with Gasteiger partial charge in [-0.1, -0.05) is 48.5 Å². The van der Waals surface area contributed by atoms with Crippen LogP contribution in [0.1, 0.15) is 49.1 Å². The summed E-state index contributed by atoms with van der Waals surface area (Å²) in [5.74, 6) is 0.0943. The number of likely N-dealkylation sites (tertiary alicyclic amines) is 2. The second kappa shape index (κ2) is 9.01. The number of hydrogen-bond donors (Lipinski definition) is 1. The number of nitrogens with zero attached hydrogens (tertiary/aromatic N) is 2. The molecule has 1 amide bonds. The monoisotopic (exact) mass is 420 g/mol. The smallest absolute Gasteiger partial charge is 0.410 e. The van der Waals surface area contributed by atoms with E-state index in [0.717, 1.165) is 58.3 Å². The summed E-state index contributed by atoms with van der Waals surface area (Å²) in [5, 5.41) is 10.0. The van der Waals surface area contributed by atoms with Gasteiger partial charge in [-0.05, 0) is 60.9 Å². The maximum atomic E-state index is 13.1. The van der Waals surface area contributed by atoms with Gasteiger partial charge in [-0.25, -0.2) is 4.79 Å². The Balaban J connectivity index is 1.26. The van der Waals surface area contributed by atoms with Gasteiger partial charge in [-0.2, -0.15) is 0 Å². The van der Waals surface area contributed by atoms with Gasteiger partial charge in [0.05, 0.1) is 6.10 Å². The number of ether oxygens (including phenoxy) is 1. The highest BCUT2D eigenvalue weighted by Gasteiger charge is 2.33. The lowest BCUT2D eigenvalue weighted by molar-refractivity contribution is 0.0330. The zero-order chi connectivity index (χ0) is 21.2. The van der Waals surface area contributed by atoms with Crippen molar-refractivity contribution >= 4 is 6.09 Å². The summed E-state index contributed by atoms with van der Waals surface area (Å²) in [6, 6.07) is 17.1. The third-order valence-electron chi connectivity index (χ3n) is 7.15. The van der Waals surface area contributed by atoms with E-state index in [1.165, 1.54) is 22.3 Å². The normalized spacial score (nSPS) is 24.0. The third-order valence-corrected chi connectivity index (χ3v) is 7.15. The van der Waals surface area contributed by atoms with Crippen LogP contribution in [0, 0.1) is 0 Å². The second-order valence-electron chi connectivity index (χ2n) is 9.20. The fraction of sp³-hybridized carbons (Fsp3) is 0.500. The number of carbonyl (C=O) groups is 1. The van der Waals surface area contributed by atoms with E-state index in [9.17, 15) is 9.90 Å². The number of amides is 1. The average molecular weight is 421 g/mol. The van der Waals surface area contributed by atoms with Crippen LogP contribution in [0.25, 0.3) is 11.1 Å². The molecule has 0 saturated carbocycles. The molecule has 2 aromatic rings. The number of fused-ring (bicyclic) bond motifs is 3. The molecule has 0 radical (unpaired) electrons. The largest absolute Gasteiger partial charge is 0.448 e. The van der Waals surface area contributed by atoms with E-state index in [1.807, 2.05) is 4.90 Å². The zero-order valence-electron chi connectivity index (χ0n) is 18.1. The van der Waals surface area contributed by atoms with Gasteiger partial charge in [0.15, 0.2) is 0 Å². The van der Waals surface area contributed by atoms with Crippen molar-refractivity contribution in [1.29, 1.82) is 0 Å². The zero-order valence-corrected chi connectivity index (χ0v) is 18.1. The quantitative estimate of drug-likeness (QED) is 0.804. The van der Waals surface area contributed by atoms with Gasteiger partial charge in [0.25, 0.3) is 0 Å². The lowest BCUT2D eigenvalue weighted by atomic mass is 9.98. The molecule has 2 aliphatic heterocycles. The molecule has 3 aliphatic rings. The van der Waals surface area contributed by atoms with Crippen molar-refractivity contribution in [2.45, 2.75) is 50.2 Å². The minimum Gasteiger partial charge on any atom is -0.448 e. The van der Waals surface area contributed by atoms with Crippen LogP contribution in [-0.2, 0) is 4.74 Å². The number of carbonyl (C=O) groups excluding carboxylic acids is 1. The molecular formula is C26H32N2O3. The number of β-amino-alcohol motifs (C(OH)–C–C–N with tert-alkyl or cyclic N) is 1. The van der Waals surface area contributed by atoms with E-state index in [0.29, 0.717) is 6.61 Å². The molecule has 2 saturated heterocycles. The summed E-state index contributed by atoms with van der Waals surface area (Å²) in [6.45, 7) is 3.69. The molecule has 2 atom stereocenters. The summed E-state index contributed by atoms with van der Waals surface area (Å²) >= 11 is 0. The van der Waals surface area contributed by atoms with Crippen LogP contribution < -0.4 is 0 Å². The summed E-state index contributed by atoms with van der Waals surface area (Å²) in [7, 11) is 0. The van der Waals surface area contributed by atoms with Crippen molar-refractivity contribution in [3.05, 3.63) is 59.7 Å². The Hall–Kier alpha value is -2.37. The fourth-order valence-corrected chi connectivity index (χ4v) is 5.60. The third kappa shape index (κ3) is 4.21. The van der Waals surface area contributed by atoms with E-state index in [4.69, 9.17) is 4.74 Å². The summed E-state index contributed by atoms with van der Waals surface area (Å²) < 4.78 is 5.94. The number of aliphatic hydroxyl groups excluding tert-OH is 1. The van der Waals surface area contributed by atoms with Crippen molar-refractivity contribution in [3.8, 4) is 11.1 Å². The van der Waals surface area contributed by atoms with Gasteiger partial charge < -0.3 is 14.7 Å². The van der Waals surface area contributed by atoms with E-state index >= 15 is 0 Å². The lowest BCUT2D eigenvalue weighted by Crippen LogP contribution is -2.52. The molecule has 2 heterocycles. The minimum atomic E-state index is -0.236. The Labute approximate surface area is 184 Å². The van der Waals surface area contributed by atoms with Crippen molar-refractivity contribution in [2.24, 2.45) is 0 Å². The first kappa shape index (κ1) is 20.5. The molecule has 164 valence electrons. The molecule has 0 aromatic heterocycles. The standard InChI is InChI=1S/C26H32N2O3/c29-20-9-7-14-27(17-20)16-19-8-5-6-15-28(19)26(30)31-18-25-23-12-3-1-10-21(23)22-11-2-4-13-24(22)25/h1-4,10-13,19-20,25,29H,5-9,14-18H2/t19?,20-/m1/s1. The van der Waals surface area contributed by atoms with Crippen molar-refractivity contribution < 1.29 is 14.6 Å². The van der Waals surface area contributed by atoms with Gasteiger partial charge in [-0.3, -0.25) is 4.90 Å². The van der Waals surface area contributed by atoms with E-state index in [2.05, 4.69) is 53.4 Å². The molecule has 0 bridgehead atoms. The van der Waals surface area contributed by atoms with Crippen LogP contribution in [0.3, 0.4) is 0 Å². The molecule has 0 spiro atoms. The van der Waals surface area contributed by atoms with Gasteiger partial charge in [0.2, 0.25) is 0 Å². The first-order valence-corrected chi connectivity index (χ1v) is 11.7. The number of hydrogen-bond acceptors (Lipinski definition) is 4. The highest BCUT2D eigenvalue weighted by molar-refractivity contribution is 5.79.